The summed E-state index contributed by atoms with van der Waals surface area (Å²) in [5, 5.41) is 13.8. The van der Waals surface area contributed by atoms with Crippen molar-refractivity contribution in [1.82, 2.24) is 24.9 Å². The third kappa shape index (κ3) is 3.92. The van der Waals surface area contributed by atoms with Gasteiger partial charge in [-0.25, -0.2) is 0 Å². The first-order chi connectivity index (χ1) is 12.3. The van der Waals surface area contributed by atoms with Gasteiger partial charge >= 0.3 is 0 Å². The summed E-state index contributed by atoms with van der Waals surface area (Å²) in [6.07, 6.45) is 4.29. The Morgan fingerprint density at radius 2 is 2.04 bits per heavy atom. The molecule has 3 aromatic rings. The first kappa shape index (κ1) is 16.3. The van der Waals surface area contributed by atoms with E-state index in [0.717, 1.165) is 36.2 Å². The van der Waals surface area contributed by atoms with Crippen LogP contribution >= 0.6 is 11.8 Å². The predicted octanol–water partition coefficient (Wildman–Crippen LogP) is 3.83. The van der Waals surface area contributed by atoms with Crippen LogP contribution in [0.3, 0.4) is 0 Å². The Hall–Kier alpha value is -2.15. The van der Waals surface area contributed by atoms with Crippen LogP contribution in [0.15, 0.2) is 40.0 Å². The molecule has 0 bridgehead atoms. The fourth-order valence-electron chi connectivity index (χ4n) is 2.77. The maximum absolute atomic E-state index is 5.32. The van der Waals surface area contributed by atoms with Crippen LogP contribution in [0.2, 0.25) is 0 Å². The molecule has 7 heteroatoms. The fraction of sp³-hybridized carbons (Fsp3) is 0.444. The number of thioether (sulfide) groups is 1. The van der Waals surface area contributed by atoms with Crippen molar-refractivity contribution in [3.05, 3.63) is 53.4 Å². The second-order valence-corrected chi connectivity index (χ2v) is 7.27. The Balaban J connectivity index is 1.50. The lowest BCUT2D eigenvalue weighted by atomic mass is 10.2. The number of benzene rings is 1. The molecule has 1 aliphatic carbocycles. The third-order valence-corrected chi connectivity index (χ3v) is 5.13. The van der Waals surface area contributed by atoms with Crippen molar-refractivity contribution < 1.29 is 4.52 Å². The highest BCUT2D eigenvalue weighted by molar-refractivity contribution is 7.98. The Labute approximate surface area is 151 Å². The Kier molecular flexibility index (Phi) is 4.83. The van der Waals surface area contributed by atoms with Crippen LogP contribution in [-0.4, -0.2) is 24.9 Å². The molecule has 1 aromatic carbocycles. The Bertz CT molecular complexity index is 825. The van der Waals surface area contributed by atoms with E-state index in [0.29, 0.717) is 17.6 Å². The highest BCUT2D eigenvalue weighted by Gasteiger charge is 2.30. The second-order valence-electron chi connectivity index (χ2n) is 6.33. The van der Waals surface area contributed by atoms with Gasteiger partial charge in [0.15, 0.2) is 11.0 Å². The van der Waals surface area contributed by atoms with Gasteiger partial charge in [-0.05, 0) is 24.8 Å². The summed E-state index contributed by atoms with van der Waals surface area (Å²) in [6, 6.07) is 10.4. The van der Waals surface area contributed by atoms with Gasteiger partial charge in [0.2, 0.25) is 5.89 Å². The van der Waals surface area contributed by atoms with Crippen LogP contribution in [0, 0.1) is 0 Å². The molecule has 0 aliphatic heterocycles. The van der Waals surface area contributed by atoms with Crippen molar-refractivity contribution in [3.63, 3.8) is 0 Å². The first-order valence-corrected chi connectivity index (χ1v) is 9.73. The monoisotopic (exact) mass is 355 g/mol. The molecular weight excluding hydrogens is 334 g/mol. The number of nitrogens with zero attached hydrogens (tertiary/aromatic N) is 5. The van der Waals surface area contributed by atoms with Crippen molar-refractivity contribution in [2.45, 2.75) is 56.0 Å². The smallest absolute Gasteiger partial charge is 0.237 e. The van der Waals surface area contributed by atoms with Gasteiger partial charge in [0.25, 0.3) is 0 Å². The first-order valence-electron chi connectivity index (χ1n) is 8.74. The molecule has 2 heterocycles. The molecule has 1 saturated carbocycles. The van der Waals surface area contributed by atoms with Crippen LogP contribution in [0.1, 0.15) is 55.2 Å². The molecule has 0 N–H and O–H groups in total. The average molecular weight is 355 g/mol. The van der Waals surface area contributed by atoms with Crippen LogP contribution < -0.4 is 0 Å². The zero-order valence-electron chi connectivity index (χ0n) is 14.3. The predicted molar refractivity (Wildman–Crippen MR) is 95.4 cm³/mol. The van der Waals surface area contributed by atoms with Gasteiger partial charge < -0.3 is 9.09 Å². The van der Waals surface area contributed by atoms with Crippen LogP contribution in [0.4, 0.5) is 0 Å². The molecule has 0 spiro atoms. The minimum absolute atomic E-state index is 0.560. The fourth-order valence-corrected chi connectivity index (χ4v) is 3.55. The summed E-state index contributed by atoms with van der Waals surface area (Å²) in [6.45, 7) is 2.91. The number of rotatable bonds is 8. The quantitative estimate of drug-likeness (QED) is 0.572. The molecule has 130 valence electrons. The minimum Gasteiger partial charge on any atom is -0.338 e. The highest BCUT2D eigenvalue weighted by Crippen LogP contribution is 2.40. The van der Waals surface area contributed by atoms with Gasteiger partial charge in [0.1, 0.15) is 5.82 Å². The zero-order valence-corrected chi connectivity index (χ0v) is 15.1. The number of hydrogen-bond acceptors (Lipinski definition) is 6. The number of hydrogen-bond donors (Lipinski definition) is 0. The molecule has 4 rings (SSSR count). The van der Waals surface area contributed by atoms with Gasteiger partial charge in [0, 0.05) is 12.3 Å². The van der Waals surface area contributed by atoms with Crippen molar-refractivity contribution in [1.29, 1.82) is 0 Å². The van der Waals surface area contributed by atoms with E-state index in [-0.39, 0.29) is 0 Å². The summed E-state index contributed by atoms with van der Waals surface area (Å²) < 4.78 is 7.56. The Morgan fingerprint density at radius 3 is 2.80 bits per heavy atom. The summed E-state index contributed by atoms with van der Waals surface area (Å²) in [5.74, 6) is 3.71. The largest absolute Gasteiger partial charge is 0.338 e. The molecule has 6 nitrogen and oxygen atoms in total. The summed E-state index contributed by atoms with van der Waals surface area (Å²) in [7, 11) is 0. The molecule has 0 radical (unpaired) electrons. The molecule has 0 saturated heterocycles. The number of aromatic nitrogens is 5. The SMILES string of the molecule is CCCc1noc(CSc2nnc(C3CC3)n2Cc2ccccc2)n1. The molecule has 2 aromatic heterocycles. The molecule has 0 unspecified atom stereocenters. The van der Waals surface area contributed by atoms with Gasteiger partial charge in [-0.1, -0.05) is 54.2 Å². The zero-order chi connectivity index (χ0) is 17.1. The average Bonchev–Trinajstić information content (AvgIpc) is 3.25. The van der Waals surface area contributed by atoms with Crippen molar-refractivity contribution >= 4 is 11.8 Å². The molecule has 0 atom stereocenters. The van der Waals surface area contributed by atoms with Gasteiger partial charge in [-0.15, -0.1) is 10.2 Å². The van der Waals surface area contributed by atoms with E-state index in [1.54, 1.807) is 11.8 Å². The summed E-state index contributed by atoms with van der Waals surface area (Å²) in [5.41, 5.74) is 1.26. The topological polar surface area (TPSA) is 69.6 Å². The van der Waals surface area contributed by atoms with Crippen molar-refractivity contribution in [3.8, 4) is 0 Å². The van der Waals surface area contributed by atoms with E-state index in [9.17, 15) is 0 Å². The van der Waals surface area contributed by atoms with E-state index >= 15 is 0 Å². The van der Waals surface area contributed by atoms with Gasteiger partial charge in [0.05, 0.1) is 12.3 Å². The van der Waals surface area contributed by atoms with Crippen LogP contribution in [0.25, 0.3) is 0 Å². The molecule has 0 amide bonds. The lowest BCUT2D eigenvalue weighted by Gasteiger charge is -2.09. The van der Waals surface area contributed by atoms with E-state index < -0.39 is 0 Å². The molecular formula is C18H21N5OS. The second kappa shape index (κ2) is 7.39. The standard InChI is InChI=1S/C18H21N5OS/c1-2-6-15-19-16(24-22-15)12-25-18-21-20-17(14-9-10-14)23(18)11-13-7-4-3-5-8-13/h3-5,7-8,14H,2,6,9-12H2,1H3. The van der Waals surface area contributed by atoms with E-state index in [2.05, 4.69) is 56.1 Å². The van der Waals surface area contributed by atoms with Gasteiger partial charge in [-0.3, -0.25) is 0 Å². The van der Waals surface area contributed by atoms with E-state index in [1.807, 2.05) is 6.07 Å². The van der Waals surface area contributed by atoms with Crippen LogP contribution in [-0.2, 0) is 18.7 Å². The lowest BCUT2D eigenvalue weighted by molar-refractivity contribution is 0.384. The van der Waals surface area contributed by atoms with Crippen molar-refractivity contribution in [2.24, 2.45) is 0 Å². The Morgan fingerprint density at radius 1 is 1.20 bits per heavy atom. The van der Waals surface area contributed by atoms with E-state index in [1.165, 1.54) is 18.4 Å². The minimum atomic E-state index is 0.560. The molecule has 25 heavy (non-hydrogen) atoms. The highest BCUT2D eigenvalue weighted by atomic mass is 32.2. The molecule has 1 fully saturated rings. The maximum Gasteiger partial charge on any atom is 0.237 e. The van der Waals surface area contributed by atoms with Crippen molar-refractivity contribution in [2.75, 3.05) is 0 Å². The summed E-state index contributed by atoms with van der Waals surface area (Å²) >= 11 is 1.61. The molecule has 1 aliphatic rings. The third-order valence-electron chi connectivity index (χ3n) is 4.18. The summed E-state index contributed by atoms with van der Waals surface area (Å²) in [4.78, 5) is 4.43. The number of aryl methyl sites for hydroxylation is 1. The van der Waals surface area contributed by atoms with Gasteiger partial charge in [-0.2, -0.15) is 4.98 Å². The maximum atomic E-state index is 5.32. The lowest BCUT2D eigenvalue weighted by Crippen LogP contribution is -2.06. The normalized spacial score (nSPS) is 14.1. The van der Waals surface area contributed by atoms with E-state index in [4.69, 9.17) is 4.52 Å². The van der Waals surface area contributed by atoms with Crippen LogP contribution in [0.5, 0.6) is 0 Å².